The number of nitrogens with zero attached hydrogens (tertiary/aromatic N) is 1. The number of hydrogen-bond donors (Lipinski definition) is 3. The van der Waals surface area contributed by atoms with Gasteiger partial charge in [-0.05, 0) is 27.2 Å². The van der Waals surface area contributed by atoms with Crippen LogP contribution in [0.15, 0.2) is 0 Å². The third kappa shape index (κ3) is 6.91. The smallest absolute Gasteiger partial charge is 0.325 e. The van der Waals surface area contributed by atoms with Gasteiger partial charge in [-0.2, -0.15) is 0 Å². The van der Waals surface area contributed by atoms with Crippen LogP contribution in [0.4, 0.5) is 0 Å². The van der Waals surface area contributed by atoms with E-state index in [4.69, 9.17) is 17.3 Å². The van der Waals surface area contributed by atoms with Crippen LogP contribution in [-0.4, -0.2) is 69.5 Å². The van der Waals surface area contributed by atoms with Crippen LogP contribution in [0.25, 0.3) is 0 Å². The van der Waals surface area contributed by atoms with Gasteiger partial charge in [-0.3, -0.25) is 19.2 Å². The van der Waals surface area contributed by atoms with Gasteiger partial charge in [-0.25, -0.2) is 0 Å². The van der Waals surface area contributed by atoms with Crippen LogP contribution in [0.5, 0.6) is 0 Å². The van der Waals surface area contributed by atoms with Crippen molar-refractivity contribution in [2.45, 2.75) is 33.2 Å². The highest BCUT2D eigenvalue weighted by molar-refractivity contribution is 8.20. The summed E-state index contributed by atoms with van der Waals surface area (Å²) in [4.78, 5) is 49.1. The van der Waals surface area contributed by atoms with E-state index in [1.165, 1.54) is 42.1 Å². The second kappa shape index (κ2) is 10.5. The number of carbonyl (C=O) groups is 4. The molecule has 26 heavy (non-hydrogen) atoms. The Hall–Kier alpha value is -1.68. The van der Waals surface area contributed by atoms with Gasteiger partial charge in [0.1, 0.15) is 6.04 Å². The van der Waals surface area contributed by atoms with Gasteiger partial charge in [0, 0.05) is 30.5 Å². The molecule has 10 heteroatoms. The standard InChI is InChI=1S/C16H26N2O6S2/c1-9(14(21)22)17-12(19)11(16(2,3)15(23)24)6-10(7-26-8-25)13(20)18(4)5/h8-11H,6-7H2,1-5H3,(H,17,19)(H,21,22)(H,23,24). The van der Waals surface area contributed by atoms with Crippen LogP contribution in [0.3, 0.4) is 0 Å². The number of thiocarbonyl (C=S) groups is 1. The average Bonchev–Trinajstić information content (AvgIpc) is 2.53. The maximum absolute atomic E-state index is 12.6. The third-order valence-electron chi connectivity index (χ3n) is 4.14. The first-order valence-corrected chi connectivity index (χ1v) is 9.41. The number of nitrogens with one attached hydrogen (secondary N) is 1. The Morgan fingerprint density at radius 3 is 2.15 bits per heavy atom. The minimum Gasteiger partial charge on any atom is -0.481 e. The highest BCUT2D eigenvalue weighted by Crippen LogP contribution is 2.34. The van der Waals surface area contributed by atoms with Gasteiger partial charge in [-0.1, -0.05) is 12.2 Å². The molecule has 0 heterocycles. The summed E-state index contributed by atoms with van der Waals surface area (Å²) < 4.78 is 1.40. The first kappa shape index (κ1) is 24.3. The zero-order valence-corrected chi connectivity index (χ0v) is 17.1. The Morgan fingerprint density at radius 1 is 1.23 bits per heavy atom. The number of rotatable bonds is 11. The van der Waals surface area contributed by atoms with E-state index in [0.717, 1.165) is 0 Å². The maximum atomic E-state index is 12.6. The Morgan fingerprint density at radius 2 is 1.77 bits per heavy atom. The van der Waals surface area contributed by atoms with Crippen molar-refractivity contribution in [3.63, 3.8) is 0 Å². The molecule has 2 amide bonds. The number of amides is 2. The summed E-state index contributed by atoms with van der Waals surface area (Å²) in [6.45, 7) is 4.05. The molecule has 0 aromatic carbocycles. The van der Waals surface area contributed by atoms with Gasteiger partial charge in [0.2, 0.25) is 11.8 Å². The van der Waals surface area contributed by atoms with E-state index in [1.54, 1.807) is 14.1 Å². The van der Waals surface area contributed by atoms with Gasteiger partial charge in [0.25, 0.3) is 0 Å². The summed E-state index contributed by atoms with van der Waals surface area (Å²) in [5, 5.41) is 20.8. The molecule has 0 fully saturated rings. The summed E-state index contributed by atoms with van der Waals surface area (Å²) in [5.41, 5.74) is -1.49. The predicted octanol–water partition coefficient (Wildman–Crippen LogP) is 1.09. The number of aliphatic carboxylic acids is 2. The molecule has 3 atom stereocenters. The first-order valence-electron chi connectivity index (χ1n) is 7.89. The van der Waals surface area contributed by atoms with Crippen molar-refractivity contribution in [3.8, 4) is 0 Å². The lowest BCUT2D eigenvalue weighted by Gasteiger charge is -2.33. The van der Waals surface area contributed by atoms with Crippen LogP contribution >= 0.6 is 24.0 Å². The van der Waals surface area contributed by atoms with E-state index in [-0.39, 0.29) is 12.3 Å². The lowest BCUT2D eigenvalue weighted by atomic mass is 9.73. The highest BCUT2D eigenvalue weighted by Gasteiger charge is 2.44. The zero-order valence-electron chi connectivity index (χ0n) is 15.5. The summed E-state index contributed by atoms with van der Waals surface area (Å²) in [6, 6.07) is -1.17. The quantitative estimate of drug-likeness (QED) is 0.436. The molecule has 0 spiro atoms. The van der Waals surface area contributed by atoms with E-state index >= 15 is 0 Å². The molecule has 0 aliphatic heterocycles. The van der Waals surface area contributed by atoms with Crippen molar-refractivity contribution in [2.75, 3.05) is 19.8 Å². The van der Waals surface area contributed by atoms with Crippen molar-refractivity contribution in [1.29, 1.82) is 0 Å². The normalized spacial score (nSPS) is 14.7. The average molecular weight is 407 g/mol. The number of hydrogen-bond acceptors (Lipinski definition) is 6. The molecule has 0 saturated heterocycles. The van der Waals surface area contributed by atoms with Gasteiger partial charge < -0.3 is 20.4 Å². The lowest BCUT2D eigenvalue weighted by Crippen LogP contribution is -2.49. The summed E-state index contributed by atoms with van der Waals surface area (Å²) in [7, 11) is 3.14. The van der Waals surface area contributed by atoms with Crippen LogP contribution in [-0.2, 0) is 19.2 Å². The van der Waals surface area contributed by atoms with Crippen LogP contribution < -0.4 is 5.32 Å². The minimum atomic E-state index is -1.49. The molecule has 0 aromatic rings. The molecule has 0 saturated carbocycles. The topological polar surface area (TPSA) is 124 Å². The Bertz CT molecular complexity index is 565. The van der Waals surface area contributed by atoms with Crippen molar-refractivity contribution in [3.05, 3.63) is 0 Å². The number of carboxylic acid groups (broad SMARTS) is 2. The molecule has 0 aliphatic carbocycles. The first-order chi connectivity index (χ1) is 11.9. The molecule has 0 aliphatic rings. The van der Waals surface area contributed by atoms with E-state index in [9.17, 15) is 24.3 Å². The van der Waals surface area contributed by atoms with Gasteiger partial charge in [-0.15, -0.1) is 11.8 Å². The molecule has 3 unspecified atom stereocenters. The molecule has 3 N–H and O–H groups in total. The molecule has 8 nitrogen and oxygen atoms in total. The molecule has 0 radical (unpaired) electrons. The molecule has 0 rings (SSSR count). The largest absolute Gasteiger partial charge is 0.481 e. The Kier molecular flexibility index (Phi) is 9.79. The summed E-state index contributed by atoms with van der Waals surface area (Å²) >= 11 is 5.99. The lowest BCUT2D eigenvalue weighted by molar-refractivity contribution is -0.156. The summed E-state index contributed by atoms with van der Waals surface area (Å²) in [6.07, 6.45) is -0.0370. The molecule has 148 valence electrons. The van der Waals surface area contributed by atoms with E-state index < -0.39 is 41.1 Å². The molecular weight excluding hydrogens is 380 g/mol. The fraction of sp³-hybridized carbons (Fsp3) is 0.688. The number of carbonyl (C=O) groups excluding carboxylic acids is 2. The highest BCUT2D eigenvalue weighted by atomic mass is 32.2. The second-order valence-corrected chi connectivity index (χ2v) is 8.18. The van der Waals surface area contributed by atoms with Gasteiger partial charge in [0.05, 0.1) is 11.3 Å². The number of carboxylic acids is 2. The summed E-state index contributed by atoms with van der Waals surface area (Å²) in [5.74, 6) is -4.84. The van der Waals surface area contributed by atoms with Crippen LogP contribution in [0.2, 0.25) is 0 Å². The van der Waals surface area contributed by atoms with E-state index in [1.807, 2.05) is 0 Å². The maximum Gasteiger partial charge on any atom is 0.325 e. The zero-order chi connectivity index (χ0) is 20.7. The van der Waals surface area contributed by atoms with Crippen LogP contribution in [0, 0.1) is 17.3 Å². The van der Waals surface area contributed by atoms with Gasteiger partial charge in [0.15, 0.2) is 0 Å². The van der Waals surface area contributed by atoms with E-state index in [0.29, 0.717) is 5.75 Å². The number of thioether (sulfide) groups is 1. The Labute approximate surface area is 162 Å². The Balaban J connectivity index is 5.71. The third-order valence-corrected chi connectivity index (χ3v) is 5.28. The van der Waals surface area contributed by atoms with Crippen LogP contribution in [0.1, 0.15) is 27.2 Å². The predicted molar refractivity (Wildman–Crippen MR) is 103 cm³/mol. The molecular formula is C16H26N2O6S2. The fourth-order valence-electron chi connectivity index (χ4n) is 2.30. The van der Waals surface area contributed by atoms with Crippen molar-refractivity contribution >= 4 is 52.4 Å². The monoisotopic (exact) mass is 406 g/mol. The molecule has 0 aromatic heterocycles. The van der Waals surface area contributed by atoms with Crippen molar-refractivity contribution < 1.29 is 29.4 Å². The fourth-order valence-corrected chi connectivity index (χ4v) is 3.12. The molecule has 0 bridgehead atoms. The minimum absolute atomic E-state index is 0.0370. The SMILES string of the molecule is CC(NC(=O)C(CC(CSC=S)C(=O)N(C)C)C(C)(C)C(=O)O)C(=O)O. The van der Waals surface area contributed by atoms with Gasteiger partial charge >= 0.3 is 11.9 Å². The van der Waals surface area contributed by atoms with E-state index in [2.05, 4.69) is 5.32 Å². The second-order valence-electron chi connectivity index (χ2n) is 6.74. The van der Waals surface area contributed by atoms with Crippen molar-refractivity contribution in [2.24, 2.45) is 17.3 Å². The van der Waals surface area contributed by atoms with Crippen molar-refractivity contribution in [1.82, 2.24) is 10.2 Å².